The average Bonchev–Trinajstić information content (AvgIpc) is 2.70. The van der Waals surface area contributed by atoms with Crippen LogP contribution in [0.2, 0.25) is 0 Å². The van der Waals surface area contributed by atoms with Crippen LogP contribution in [0.5, 0.6) is 5.75 Å². The lowest BCUT2D eigenvalue weighted by atomic mass is 9.81. The first-order valence-electron chi connectivity index (χ1n) is 10.8. The van der Waals surface area contributed by atoms with Crippen LogP contribution < -0.4 is 15.8 Å². The predicted octanol–water partition coefficient (Wildman–Crippen LogP) is 3.66. The fraction of sp³-hybridized carbons (Fsp3) is 0.652. The van der Waals surface area contributed by atoms with Crippen molar-refractivity contribution in [2.24, 2.45) is 23.5 Å². The zero-order chi connectivity index (χ0) is 21.4. The van der Waals surface area contributed by atoms with Gasteiger partial charge in [-0.1, -0.05) is 33.3 Å². The maximum absolute atomic E-state index is 13.3. The second-order valence-electron chi connectivity index (χ2n) is 8.51. The zero-order valence-corrected chi connectivity index (χ0v) is 18.3. The van der Waals surface area contributed by atoms with E-state index in [1.165, 1.54) is 0 Å². The number of hydrogen-bond donors (Lipinski definition) is 2. The molecule has 1 aliphatic rings. The molecule has 1 aliphatic heterocycles. The Hall–Kier alpha value is -2.24. The first kappa shape index (κ1) is 23.0. The van der Waals surface area contributed by atoms with Crippen LogP contribution in [-0.2, 0) is 9.59 Å². The monoisotopic (exact) mass is 403 g/mol. The Morgan fingerprint density at radius 1 is 1.24 bits per heavy atom. The Labute approximate surface area is 175 Å². The van der Waals surface area contributed by atoms with Gasteiger partial charge in [0, 0.05) is 42.7 Å². The molecule has 1 saturated heterocycles. The number of rotatable bonds is 10. The Bertz CT molecular complexity index is 669. The molecule has 6 nitrogen and oxygen atoms in total. The molecule has 0 unspecified atom stereocenters. The van der Waals surface area contributed by atoms with Crippen LogP contribution >= 0.6 is 0 Å². The molecule has 6 heteroatoms. The molecule has 0 aliphatic carbocycles. The SMILES string of the molecule is CCC[C@H](C(N)=O)[C@@H](CC(C)C)C(=O)N1CCC(Nc2cccc(OC)c2)CC1. The molecule has 2 atom stereocenters. The number of benzene rings is 1. The number of anilines is 1. The van der Waals surface area contributed by atoms with E-state index in [2.05, 4.69) is 19.2 Å². The van der Waals surface area contributed by atoms with E-state index < -0.39 is 0 Å². The minimum absolute atomic E-state index is 0.0933. The van der Waals surface area contributed by atoms with E-state index in [1.54, 1.807) is 7.11 Å². The second kappa shape index (κ2) is 11.1. The summed E-state index contributed by atoms with van der Waals surface area (Å²) in [5, 5.41) is 3.55. The Morgan fingerprint density at radius 3 is 2.48 bits per heavy atom. The highest BCUT2D eigenvalue weighted by Gasteiger charge is 2.36. The Kier molecular flexibility index (Phi) is 8.80. The largest absolute Gasteiger partial charge is 0.497 e. The molecule has 29 heavy (non-hydrogen) atoms. The Balaban J connectivity index is 1.99. The molecule has 0 saturated carbocycles. The molecule has 2 rings (SSSR count). The number of amides is 2. The molecule has 1 heterocycles. The summed E-state index contributed by atoms with van der Waals surface area (Å²) >= 11 is 0. The highest BCUT2D eigenvalue weighted by atomic mass is 16.5. The van der Waals surface area contributed by atoms with Gasteiger partial charge in [0.25, 0.3) is 0 Å². The quantitative estimate of drug-likeness (QED) is 0.624. The topological polar surface area (TPSA) is 84.7 Å². The fourth-order valence-electron chi connectivity index (χ4n) is 4.23. The normalized spacial score (nSPS) is 17.1. The molecule has 162 valence electrons. The fourth-order valence-corrected chi connectivity index (χ4v) is 4.23. The molecular weight excluding hydrogens is 366 g/mol. The molecule has 0 spiro atoms. The number of nitrogens with zero attached hydrogens (tertiary/aromatic N) is 1. The van der Waals surface area contributed by atoms with Crippen LogP contribution in [0.1, 0.15) is 52.9 Å². The summed E-state index contributed by atoms with van der Waals surface area (Å²) in [4.78, 5) is 27.3. The van der Waals surface area contributed by atoms with Gasteiger partial charge in [-0.15, -0.1) is 0 Å². The van der Waals surface area contributed by atoms with Crippen molar-refractivity contribution in [3.05, 3.63) is 24.3 Å². The molecule has 2 amide bonds. The number of nitrogens with one attached hydrogen (secondary N) is 1. The van der Waals surface area contributed by atoms with Gasteiger partial charge in [0.2, 0.25) is 11.8 Å². The lowest BCUT2D eigenvalue weighted by Gasteiger charge is -2.37. The lowest BCUT2D eigenvalue weighted by molar-refractivity contribution is -0.143. The van der Waals surface area contributed by atoms with Crippen molar-refractivity contribution in [1.82, 2.24) is 4.90 Å². The molecule has 0 bridgehead atoms. The minimum atomic E-state index is -0.373. The summed E-state index contributed by atoms with van der Waals surface area (Å²) < 4.78 is 5.28. The number of nitrogens with two attached hydrogens (primary N) is 1. The zero-order valence-electron chi connectivity index (χ0n) is 18.3. The van der Waals surface area contributed by atoms with E-state index >= 15 is 0 Å². The van der Waals surface area contributed by atoms with Crippen LogP contribution in [0.25, 0.3) is 0 Å². The predicted molar refractivity (Wildman–Crippen MR) is 117 cm³/mol. The Morgan fingerprint density at radius 2 is 1.93 bits per heavy atom. The first-order valence-corrected chi connectivity index (χ1v) is 10.8. The highest BCUT2D eigenvalue weighted by Crippen LogP contribution is 2.28. The standard InChI is InChI=1S/C23H37N3O3/c1-5-7-20(22(24)27)21(14-16(2)3)23(28)26-12-10-17(11-13-26)25-18-8-6-9-19(15-18)29-4/h6,8-9,15-17,20-21,25H,5,7,10-14H2,1-4H3,(H2,24,27)/t20-,21+/m0/s1. The van der Waals surface area contributed by atoms with Crippen molar-refractivity contribution < 1.29 is 14.3 Å². The second-order valence-corrected chi connectivity index (χ2v) is 8.51. The summed E-state index contributed by atoms with van der Waals surface area (Å²) in [5.74, 6) is 0.233. The number of likely N-dealkylation sites (tertiary alicyclic amines) is 1. The number of carbonyl (C=O) groups is 2. The van der Waals surface area contributed by atoms with E-state index in [0.717, 1.165) is 30.7 Å². The van der Waals surface area contributed by atoms with Gasteiger partial charge in [0.1, 0.15) is 5.75 Å². The van der Waals surface area contributed by atoms with Crippen LogP contribution in [0.4, 0.5) is 5.69 Å². The van der Waals surface area contributed by atoms with Crippen LogP contribution in [0.3, 0.4) is 0 Å². The van der Waals surface area contributed by atoms with E-state index in [-0.39, 0.29) is 23.7 Å². The van der Waals surface area contributed by atoms with Crippen molar-refractivity contribution in [3.63, 3.8) is 0 Å². The molecule has 1 aromatic rings. The van der Waals surface area contributed by atoms with Gasteiger partial charge in [0.05, 0.1) is 7.11 Å². The third-order valence-electron chi connectivity index (χ3n) is 5.74. The van der Waals surface area contributed by atoms with Crippen molar-refractivity contribution in [3.8, 4) is 5.75 Å². The summed E-state index contributed by atoms with van der Waals surface area (Å²) in [6, 6.07) is 8.22. The smallest absolute Gasteiger partial charge is 0.226 e. The minimum Gasteiger partial charge on any atom is -0.497 e. The van der Waals surface area contributed by atoms with Gasteiger partial charge in [-0.3, -0.25) is 9.59 Å². The summed E-state index contributed by atoms with van der Waals surface area (Å²) in [6.07, 6.45) is 3.99. The molecule has 0 aromatic heterocycles. The van der Waals surface area contributed by atoms with Crippen LogP contribution in [0.15, 0.2) is 24.3 Å². The van der Waals surface area contributed by atoms with Crippen molar-refractivity contribution >= 4 is 17.5 Å². The lowest BCUT2D eigenvalue weighted by Crippen LogP contribution is -2.48. The summed E-state index contributed by atoms with van der Waals surface area (Å²) in [5.41, 5.74) is 6.70. The van der Waals surface area contributed by atoms with Gasteiger partial charge in [0.15, 0.2) is 0 Å². The third kappa shape index (κ3) is 6.65. The number of piperidine rings is 1. The maximum atomic E-state index is 13.3. The summed E-state index contributed by atoms with van der Waals surface area (Å²) in [7, 11) is 1.66. The number of ether oxygens (including phenoxy) is 1. The number of methoxy groups -OCH3 is 1. The average molecular weight is 404 g/mol. The van der Waals surface area contributed by atoms with Crippen molar-refractivity contribution in [1.29, 1.82) is 0 Å². The summed E-state index contributed by atoms with van der Waals surface area (Å²) in [6.45, 7) is 7.62. The first-order chi connectivity index (χ1) is 13.8. The van der Waals surface area contributed by atoms with Gasteiger partial charge in [-0.05, 0) is 43.7 Å². The van der Waals surface area contributed by atoms with E-state index in [0.29, 0.717) is 37.9 Å². The maximum Gasteiger partial charge on any atom is 0.226 e. The van der Waals surface area contributed by atoms with Crippen molar-refractivity contribution in [2.45, 2.75) is 58.9 Å². The van der Waals surface area contributed by atoms with E-state index in [1.807, 2.05) is 36.1 Å². The van der Waals surface area contributed by atoms with E-state index in [9.17, 15) is 9.59 Å². The van der Waals surface area contributed by atoms with Crippen LogP contribution in [-0.4, -0.2) is 43.0 Å². The van der Waals surface area contributed by atoms with E-state index in [4.69, 9.17) is 10.5 Å². The number of primary amides is 1. The number of hydrogen-bond acceptors (Lipinski definition) is 4. The molecule has 0 radical (unpaired) electrons. The third-order valence-corrected chi connectivity index (χ3v) is 5.74. The molecule has 1 fully saturated rings. The van der Waals surface area contributed by atoms with Gasteiger partial charge in [-0.2, -0.15) is 0 Å². The van der Waals surface area contributed by atoms with Gasteiger partial charge in [-0.25, -0.2) is 0 Å². The van der Waals surface area contributed by atoms with Gasteiger partial charge >= 0.3 is 0 Å². The van der Waals surface area contributed by atoms with Crippen molar-refractivity contribution in [2.75, 3.05) is 25.5 Å². The van der Waals surface area contributed by atoms with Gasteiger partial charge < -0.3 is 20.7 Å². The molecular formula is C23H37N3O3. The highest BCUT2D eigenvalue weighted by molar-refractivity contribution is 5.87. The number of carbonyl (C=O) groups excluding carboxylic acids is 2. The van der Waals surface area contributed by atoms with Crippen LogP contribution in [0, 0.1) is 17.8 Å². The molecule has 3 N–H and O–H groups in total. The molecule has 1 aromatic carbocycles.